The molecule has 1 rings (SSSR count). The van der Waals surface area contributed by atoms with Gasteiger partial charge >= 0.3 is 6.09 Å². The van der Waals surface area contributed by atoms with E-state index in [1.165, 1.54) is 0 Å². The van der Waals surface area contributed by atoms with E-state index in [2.05, 4.69) is 0 Å². The molecule has 0 aliphatic carbocycles. The van der Waals surface area contributed by atoms with Crippen LogP contribution in [0.4, 0.5) is 4.79 Å². The molecule has 1 aliphatic rings. The lowest BCUT2D eigenvalue weighted by atomic mass is 10.2. The Morgan fingerprint density at radius 2 is 1.56 bits per heavy atom. The van der Waals surface area contributed by atoms with Gasteiger partial charge in [0.25, 0.3) is 0 Å². The molecule has 1 atom stereocenters. The summed E-state index contributed by atoms with van der Waals surface area (Å²) in [5.74, 6) is -0.0705. The van der Waals surface area contributed by atoms with Crippen LogP contribution in [0.5, 0.6) is 0 Å². The smallest absolute Gasteiger partial charge is 0.410 e. The highest BCUT2D eigenvalue weighted by Crippen LogP contribution is 2.12. The lowest BCUT2D eigenvalue weighted by Gasteiger charge is -2.36. The second-order valence-electron chi connectivity index (χ2n) is 5.58. The molecule has 6 heteroatoms. The number of hydrogen-bond donors (Lipinski definition) is 1. The fourth-order valence-corrected chi connectivity index (χ4v) is 1.72. The predicted molar refractivity (Wildman–Crippen MR) is 68.0 cm³/mol. The van der Waals surface area contributed by atoms with Crippen LogP contribution >= 0.6 is 0 Å². The van der Waals surface area contributed by atoms with Crippen molar-refractivity contribution >= 4 is 12.0 Å². The summed E-state index contributed by atoms with van der Waals surface area (Å²) >= 11 is 0. The van der Waals surface area contributed by atoms with E-state index in [-0.39, 0.29) is 12.0 Å². The monoisotopic (exact) mass is 257 g/mol. The molecule has 0 aromatic rings. The summed E-state index contributed by atoms with van der Waals surface area (Å²) in [5, 5.41) is 0. The molecule has 2 N–H and O–H groups in total. The van der Waals surface area contributed by atoms with Crippen LogP contribution < -0.4 is 5.73 Å². The van der Waals surface area contributed by atoms with Crippen molar-refractivity contribution in [1.29, 1.82) is 0 Å². The van der Waals surface area contributed by atoms with Crippen LogP contribution in [0, 0.1) is 0 Å². The predicted octanol–water partition coefficient (Wildman–Crippen LogP) is 0.413. The van der Waals surface area contributed by atoms with Gasteiger partial charge in [0, 0.05) is 26.2 Å². The first-order valence-corrected chi connectivity index (χ1v) is 6.23. The van der Waals surface area contributed by atoms with Crippen LogP contribution in [0.3, 0.4) is 0 Å². The molecule has 1 aliphatic heterocycles. The van der Waals surface area contributed by atoms with Gasteiger partial charge in [0.1, 0.15) is 5.60 Å². The minimum atomic E-state index is -0.490. The highest BCUT2D eigenvalue weighted by Gasteiger charge is 2.28. The second-order valence-corrected chi connectivity index (χ2v) is 5.58. The van der Waals surface area contributed by atoms with Crippen molar-refractivity contribution < 1.29 is 14.3 Å². The molecule has 0 aromatic carbocycles. The van der Waals surface area contributed by atoms with E-state index in [0.717, 1.165) is 0 Å². The Hall–Kier alpha value is -1.30. The summed E-state index contributed by atoms with van der Waals surface area (Å²) in [6.45, 7) is 9.19. The molecule has 1 saturated heterocycles. The van der Waals surface area contributed by atoms with Crippen molar-refractivity contribution in [2.24, 2.45) is 5.73 Å². The van der Waals surface area contributed by atoms with Gasteiger partial charge in [0.05, 0.1) is 6.04 Å². The van der Waals surface area contributed by atoms with Crippen LogP contribution in [0.15, 0.2) is 0 Å². The Balaban J connectivity index is 2.44. The summed E-state index contributed by atoms with van der Waals surface area (Å²) in [4.78, 5) is 26.8. The number of rotatable bonds is 1. The molecule has 2 amide bonds. The van der Waals surface area contributed by atoms with E-state index in [1.807, 2.05) is 20.8 Å². The zero-order chi connectivity index (χ0) is 13.9. The number of piperazine rings is 1. The fraction of sp³-hybridized carbons (Fsp3) is 0.833. The van der Waals surface area contributed by atoms with Crippen LogP contribution in [-0.2, 0) is 9.53 Å². The van der Waals surface area contributed by atoms with Crippen molar-refractivity contribution in [3.63, 3.8) is 0 Å². The Kier molecular flexibility index (Phi) is 4.56. The quantitative estimate of drug-likeness (QED) is 0.738. The summed E-state index contributed by atoms with van der Waals surface area (Å²) in [7, 11) is 0. The van der Waals surface area contributed by atoms with Crippen molar-refractivity contribution in [1.82, 2.24) is 9.80 Å². The third-order valence-electron chi connectivity index (χ3n) is 2.63. The maximum atomic E-state index is 11.8. The molecular formula is C12H23N3O3. The molecule has 0 saturated carbocycles. The Bertz CT molecular complexity index is 315. The second kappa shape index (κ2) is 5.56. The third kappa shape index (κ3) is 4.18. The average molecular weight is 257 g/mol. The van der Waals surface area contributed by atoms with Gasteiger partial charge in [-0.3, -0.25) is 4.79 Å². The van der Waals surface area contributed by atoms with Gasteiger partial charge in [0.2, 0.25) is 5.91 Å². The molecule has 104 valence electrons. The topological polar surface area (TPSA) is 75.9 Å². The van der Waals surface area contributed by atoms with Gasteiger partial charge < -0.3 is 20.3 Å². The van der Waals surface area contributed by atoms with Crippen LogP contribution in [0.25, 0.3) is 0 Å². The summed E-state index contributed by atoms with van der Waals surface area (Å²) in [6, 6.07) is -0.488. The lowest BCUT2D eigenvalue weighted by molar-refractivity contribution is -0.133. The maximum Gasteiger partial charge on any atom is 0.410 e. The minimum absolute atomic E-state index is 0.0705. The largest absolute Gasteiger partial charge is 0.444 e. The molecule has 0 radical (unpaired) electrons. The summed E-state index contributed by atoms with van der Waals surface area (Å²) in [5.41, 5.74) is 5.06. The molecule has 0 aromatic heterocycles. The number of carbonyl (C=O) groups is 2. The zero-order valence-electron chi connectivity index (χ0n) is 11.6. The summed E-state index contributed by atoms with van der Waals surface area (Å²) < 4.78 is 5.28. The first-order valence-electron chi connectivity index (χ1n) is 6.23. The normalized spacial score (nSPS) is 18.5. The standard InChI is InChI=1S/C12H23N3O3/c1-9(13)10(16)14-5-7-15(8-6-14)11(17)18-12(2,3)4/h9H,5-8,13H2,1-4H3/t9-/m1/s1. The Labute approximate surface area is 108 Å². The van der Waals surface area contributed by atoms with E-state index in [1.54, 1.807) is 16.7 Å². The lowest BCUT2D eigenvalue weighted by Crippen LogP contribution is -2.54. The third-order valence-corrected chi connectivity index (χ3v) is 2.63. The van der Waals surface area contributed by atoms with Gasteiger partial charge in [-0.25, -0.2) is 4.79 Å². The highest BCUT2D eigenvalue weighted by atomic mass is 16.6. The zero-order valence-corrected chi connectivity index (χ0v) is 11.6. The molecule has 1 heterocycles. The van der Waals surface area contributed by atoms with Crippen molar-refractivity contribution in [3.8, 4) is 0 Å². The van der Waals surface area contributed by atoms with Gasteiger partial charge in [-0.2, -0.15) is 0 Å². The number of carbonyl (C=O) groups excluding carboxylic acids is 2. The number of nitrogens with zero attached hydrogens (tertiary/aromatic N) is 2. The first kappa shape index (κ1) is 14.8. The van der Waals surface area contributed by atoms with E-state index in [0.29, 0.717) is 26.2 Å². The molecule has 0 spiro atoms. The summed E-state index contributed by atoms with van der Waals surface area (Å²) in [6.07, 6.45) is -0.324. The number of nitrogens with two attached hydrogens (primary N) is 1. The van der Waals surface area contributed by atoms with Gasteiger partial charge in [-0.05, 0) is 27.7 Å². The molecule has 0 unspecified atom stereocenters. The molecule has 6 nitrogen and oxygen atoms in total. The molecule has 18 heavy (non-hydrogen) atoms. The molecule has 0 bridgehead atoms. The van der Waals surface area contributed by atoms with E-state index < -0.39 is 11.6 Å². The maximum absolute atomic E-state index is 11.8. The van der Waals surface area contributed by atoms with Crippen LogP contribution in [-0.4, -0.2) is 59.6 Å². The Morgan fingerprint density at radius 3 is 1.94 bits per heavy atom. The van der Waals surface area contributed by atoms with Gasteiger partial charge in [-0.15, -0.1) is 0 Å². The minimum Gasteiger partial charge on any atom is -0.444 e. The van der Waals surface area contributed by atoms with Crippen molar-refractivity contribution in [3.05, 3.63) is 0 Å². The van der Waals surface area contributed by atoms with E-state index in [4.69, 9.17) is 10.5 Å². The number of ether oxygens (including phenoxy) is 1. The first-order chi connectivity index (χ1) is 8.20. The number of hydrogen-bond acceptors (Lipinski definition) is 4. The van der Waals surface area contributed by atoms with Crippen molar-refractivity contribution in [2.45, 2.75) is 39.3 Å². The molecule has 1 fully saturated rings. The average Bonchev–Trinajstić information content (AvgIpc) is 2.26. The van der Waals surface area contributed by atoms with Crippen molar-refractivity contribution in [2.75, 3.05) is 26.2 Å². The van der Waals surface area contributed by atoms with Gasteiger partial charge in [0.15, 0.2) is 0 Å². The van der Waals surface area contributed by atoms with E-state index in [9.17, 15) is 9.59 Å². The van der Waals surface area contributed by atoms with Crippen LogP contribution in [0.2, 0.25) is 0 Å². The fourth-order valence-electron chi connectivity index (χ4n) is 1.72. The van der Waals surface area contributed by atoms with Crippen LogP contribution in [0.1, 0.15) is 27.7 Å². The van der Waals surface area contributed by atoms with E-state index >= 15 is 0 Å². The Morgan fingerprint density at radius 1 is 1.11 bits per heavy atom. The highest BCUT2D eigenvalue weighted by molar-refractivity contribution is 5.81. The number of amides is 2. The SMILES string of the molecule is C[C@@H](N)C(=O)N1CCN(C(=O)OC(C)(C)C)CC1. The van der Waals surface area contributed by atoms with Gasteiger partial charge in [-0.1, -0.05) is 0 Å². The molecular weight excluding hydrogens is 234 g/mol.